The van der Waals surface area contributed by atoms with Crippen LogP contribution in [0.4, 0.5) is 11.6 Å². The highest BCUT2D eigenvalue weighted by Gasteiger charge is 2.43. The van der Waals surface area contributed by atoms with E-state index < -0.39 is 0 Å². The van der Waals surface area contributed by atoms with Crippen LogP contribution in [0, 0.1) is 23.2 Å². The SMILES string of the molecule is CCOc1ccncc1-c1cc2cc(NC(=O)[C@H]3C[C@@H]3C#N)ncc2c(N)n1. The molecule has 3 aromatic heterocycles. The molecule has 1 saturated carbocycles. The molecular weight excluding hydrogens is 356 g/mol. The van der Waals surface area contributed by atoms with Crippen molar-refractivity contribution in [2.75, 3.05) is 17.7 Å². The van der Waals surface area contributed by atoms with Gasteiger partial charge in [-0.2, -0.15) is 5.26 Å². The average Bonchev–Trinajstić information content (AvgIpc) is 3.48. The molecule has 2 atom stereocenters. The minimum Gasteiger partial charge on any atom is -0.493 e. The van der Waals surface area contributed by atoms with Crippen LogP contribution in [0.5, 0.6) is 5.75 Å². The van der Waals surface area contributed by atoms with Crippen molar-refractivity contribution in [2.24, 2.45) is 11.8 Å². The van der Waals surface area contributed by atoms with Gasteiger partial charge in [0.2, 0.25) is 5.91 Å². The van der Waals surface area contributed by atoms with Crippen LogP contribution < -0.4 is 15.8 Å². The zero-order valence-corrected chi connectivity index (χ0v) is 15.2. The van der Waals surface area contributed by atoms with Crippen LogP contribution in [0.3, 0.4) is 0 Å². The van der Waals surface area contributed by atoms with Gasteiger partial charge in [-0.25, -0.2) is 9.97 Å². The standard InChI is InChI=1S/C20H18N6O2/c1-2-28-17-3-4-23-9-15(17)16-6-11-7-18(24-10-14(11)19(22)25-16)26-20(27)13-5-12(13)8-21/h3-4,6-7,9-10,12-13H,2,5H2,1H3,(H2,22,25)(H,24,26,27)/t12-,13+/m1/s1. The number of fused-ring (bicyclic) bond motifs is 1. The average molecular weight is 374 g/mol. The summed E-state index contributed by atoms with van der Waals surface area (Å²) in [6.45, 7) is 2.43. The molecule has 1 aliphatic carbocycles. The number of ether oxygens (including phenoxy) is 1. The minimum absolute atomic E-state index is 0.188. The third-order valence-corrected chi connectivity index (χ3v) is 4.65. The summed E-state index contributed by atoms with van der Waals surface area (Å²) in [6, 6.07) is 7.49. The molecule has 0 radical (unpaired) electrons. The second-order valence-electron chi connectivity index (χ2n) is 6.56. The maximum absolute atomic E-state index is 12.2. The monoisotopic (exact) mass is 374 g/mol. The van der Waals surface area contributed by atoms with Gasteiger partial charge < -0.3 is 15.8 Å². The third-order valence-electron chi connectivity index (χ3n) is 4.65. The molecule has 1 aliphatic rings. The first-order valence-electron chi connectivity index (χ1n) is 8.94. The lowest BCUT2D eigenvalue weighted by Gasteiger charge is -2.11. The van der Waals surface area contributed by atoms with Gasteiger partial charge in [0.25, 0.3) is 0 Å². The van der Waals surface area contributed by atoms with Crippen LogP contribution in [-0.2, 0) is 4.79 Å². The molecule has 0 aliphatic heterocycles. The van der Waals surface area contributed by atoms with E-state index in [0.29, 0.717) is 41.5 Å². The molecule has 140 valence electrons. The highest BCUT2D eigenvalue weighted by molar-refractivity contribution is 5.98. The van der Waals surface area contributed by atoms with Crippen molar-refractivity contribution >= 4 is 28.3 Å². The summed E-state index contributed by atoms with van der Waals surface area (Å²) in [5, 5.41) is 13.1. The first-order chi connectivity index (χ1) is 13.6. The van der Waals surface area contributed by atoms with Crippen molar-refractivity contribution in [2.45, 2.75) is 13.3 Å². The van der Waals surface area contributed by atoms with E-state index in [0.717, 1.165) is 10.9 Å². The van der Waals surface area contributed by atoms with Gasteiger partial charge >= 0.3 is 0 Å². The topological polar surface area (TPSA) is 127 Å². The Morgan fingerprint density at radius 1 is 1.43 bits per heavy atom. The fourth-order valence-corrected chi connectivity index (χ4v) is 3.08. The number of nitrogens with one attached hydrogen (secondary N) is 1. The largest absolute Gasteiger partial charge is 0.493 e. The van der Waals surface area contributed by atoms with Gasteiger partial charge in [-0.05, 0) is 36.9 Å². The number of aromatic nitrogens is 3. The smallest absolute Gasteiger partial charge is 0.230 e. The molecule has 8 nitrogen and oxygen atoms in total. The number of amides is 1. The van der Waals surface area contributed by atoms with Crippen molar-refractivity contribution in [3.63, 3.8) is 0 Å². The molecule has 0 saturated heterocycles. The summed E-state index contributed by atoms with van der Waals surface area (Å²) in [5.41, 5.74) is 7.48. The Labute approximate surface area is 161 Å². The van der Waals surface area contributed by atoms with Gasteiger partial charge in [0.15, 0.2) is 0 Å². The zero-order valence-electron chi connectivity index (χ0n) is 15.2. The molecule has 8 heteroatoms. The van der Waals surface area contributed by atoms with E-state index in [1.165, 1.54) is 0 Å². The Morgan fingerprint density at radius 2 is 2.29 bits per heavy atom. The van der Waals surface area contributed by atoms with Crippen LogP contribution in [0.2, 0.25) is 0 Å². The molecular formula is C20H18N6O2. The Hall–Kier alpha value is -3.73. The number of carbonyl (C=O) groups is 1. The molecule has 0 spiro atoms. The normalized spacial score (nSPS) is 17.7. The molecule has 0 unspecified atom stereocenters. The van der Waals surface area contributed by atoms with Gasteiger partial charge in [0.1, 0.15) is 17.4 Å². The predicted molar refractivity (Wildman–Crippen MR) is 104 cm³/mol. The fourth-order valence-electron chi connectivity index (χ4n) is 3.08. The lowest BCUT2D eigenvalue weighted by molar-refractivity contribution is -0.117. The molecule has 3 N–H and O–H groups in total. The van der Waals surface area contributed by atoms with Crippen LogP contribution in [-0.4, -0.2) is 27.5 Å². The summed E-state index contributed by atoms with van der Waals surface area (Å²) in [6.07, 6.45) is 5.51. The lowest BCUT2D eigenvalue weighted by Crippen LogP contribution is -2.15. The van der Waals surface area contributed by atoms with Gasteiger partial charge in [-0.15, -0.1) is 0 Å². The van der Waals surface area contributed by atoms with Crippen molar-refractivity contribution in [1.29, 1.82) is 5.26 Å². The van der Waals surface area contributed by atoms with E-state index in [1.807, 2.05) is 13.0 Å². The number of nitrogens with two attached hydrogens (primary N) is 1. The Bertz CT molecular complexity index is 1110. The van der Waals surface area contributed by atoms with Gasteiger partial charge in [0, 0.05) is 24.0 Å². The number of carbonyl (C=O) groups excluding carboxylic acids is 1. The van der Waals surface area contributed by atoms with Crippen molar-refractivity contribution < 1.29 is 9.53 Å². The first kappa shape index (κ1) is 17.7. The second-order valence-corrected chi connectivity index (χ2v) is 6.56. The van der Waals surface area contributed by atoms with Crippen molar-refractivity contribution in [3.8, 4) is 23.1 Å². The summed E-state index contributed by atoms with van der Waals surface area (Å²) in [5.74, 6) is 0.762. The van der Waals surface area contributed by atoms with Crippen LogP contribution >= 0.6 is 0 Å². The molecule has 28 heavy (non-hydrogen) atoms. The highest BCUT2D eigenvalue weighted by Crippen LogP contribution is 2.38. The Balaban J connectivity index is 1.69. The van der Waals surface area contributed by atoms with E-state index in [9.17, 15) is 4.79 Å². The third kappa shape index (κ3) is 3.30. The zero-order chi connectivity index (χ0) is 19.7. The number of anilines is 2. The molecule has 0 bridgehead atoms. The summed E-state index contributed by atoms with van der Waals surface area (Å²) >= 11 is 0. The lowest BCUT2D eigenvalue weighted by atomic mass is 10.1. The summed E-state index contributed by atoms with van der Waals surface area (Å²) in [7, 11) is 0. The fraction of sp³-hybridized carbons (Fsp3) is 0.250. The number of hydrogen-bond donors (Lipinski definition) is 2. The van der Waals surface area contributed by atoms with Gasteiger partial charge in [-0.3, -0.25) is 9.78 Å². The first-order valence-corrected chi connectivity index (χ1v) is 8.94. The molecule has 3 aromatic rings. The number of nitrogens with zero attached hydrogens (tertiary/aromatic N) is 4. The van der Waals surface area contributed by atoms with Crippen molar-refractivity contribution in [3.05, 3.63) is 36.8 Å². The van der Waals surface area contributed by atoms with E-state index in [4.69, 9.17) is 15.7 Å². The van der Waals surface area contributed by atoms with Crippen LogP contribution in [0.1, 0.15) is 13.3 Å². The molecule has 4 rings (SSSR count). The van der Waals surface area contributed by atoms with Crippen LogP contribution in [0.25, 0.3) is 22.0 Å². The van der Waals surface area contributed by atoms with E-state index in [1.54, 1.807) is 30.7 Å². The summed E-state index contributed by atoms with van der Waals surface area (Å²) in [4.78, 5) is 25.0. The number of hydrogen-bond acceptors (Lipinski definition) is 7. The quantitative estimate of drug-likeness (QED) is 0.703. The Morgan fingerprint density at radius 3 is 3.04 bits per heavy atom. The number of nitriles is 1. The summed E-state index contributed by atoms with van der Waals surface area (Å²) < 4.78 is 5.66. The van der Waals surface area contributed by atoms with E-state index in [-0.39, 0.29) is 17.7 Å². The van der Waals surface area contributed by atoms with E-state index in [2.05, 4.69) is 26.3 Å². The minimum atomic E-state index is -0.260. The number of nitrogen functional groups attached to an aromatic ring is 1. The number of pyridine rings is 3. The van der Waals surface area contributed by atoms with E-state index >= 15 is 0 Å². The van der Waals surface area contributed by atoms with Gasteiger partial charge in [-0.1, -0.05) is 0 Å². The maximum atomic E-state index is 12.2. The van der Waals surface area contributed by atoms with Crippen molar-refractivity contribution in [1.82, 2.24) is 15.0 Å². The molecule has 3 heterocycles. The second kappa shape index (κ2) is 7.12. The highest BCUT2D eigenvalue weighted by atomic mass is 16.5. The van der Waals surface area contributed by atoms with Crippen LogP contribution in [0.15, 0.2) is 36.8 Å². The Kier molecular flexibility index (Phi) is 4.49. The maximum Gasteiger partial charge on any atom is 0.230 e. The molecule has 1 fully saturated rings. The number of rotatable bonds is 5. The molecule has 1 amide bonds. The predicted octanol–water partition coefficient (Wildman–Crippen LogP) is 2.77. The molecule has 0 aromatic carbocycles. The van der Waals surface area contributed by atoms with Gasteiger partial charge in [0.05, 0.1) is 35.8 Å².